The molecule has 0 spiro atoms. The molecule has 0 aliphatic carbocycles. The molecular weight excluding hydrogens is 1220 g/mol. The van der Waals surface area contributed by atoms with Crippen LogP contribution in [0.1, 0.15) is 154 Å². The molecule has 0 bridgehead atoms. The lowest BCUT2D eigenvalue weighted by Crippen LogP contribution is -2.42. The van der Waals surface area contributed by atoms with Crippen molar-refractivity contribution in [1.29, 1.82) is 0 Å². The second-order valence-electron chi connectivity index (χ2n) is 26.5. The molecule has 7 N–H and O–H groups in total. The van der Waals surface area contributed by atoms with Crippen LogP contribution in [0, 0.1) is 0 Å². The molecule has 6 aliphatic rings. The first-order valence-electron chi connectivity index (χ1n) is 34.9. The topological polar surface area (TPSA) is 280 Å². The average molecular weight is 1320 g/mol. The first-order chi connectivity index (χ1) is 47.1. The van der Waals surface area contributed by atoms with Crippen LogP contribution >= 0.6 is 0 Å². The number of hydrogen-bond donors (Lipinski definition) is 4. The van der Waals surface area contributed by atoms with Gasteiger partial charge in [-0.1, -0.05) is 131 Å². The molecule has 2 saturated heterocycles. The van der Waals surface area contributed by atoms with Crippen molar-refractivity contribution in [2.24, 2.45) is 0 Å². The van der Waals surface area contributed by atoms with E-state index in [4.69, 9.17) is 31.4 Å². The number of nitrogen functional groups attached to an aromatic ring is 3. The van der Waals surface area contributed by atoms with Gasteiger partial charge >= 0.3 is 18.0 Å². The normalized spacial score (nSPS) is 17.6. The number of benzene rings is 4. The summed E-state index contributed by atoms with van der Waals surface area (Å²) < 4.78 is 17.0. The van der Waals surface area contributed by atoms with Gasteiger partial charge in [0.05, 0.1) is 39.5 Å². The largest absolute Gasteiger partial charge is 0.463 e. The molecule has 22 nitrogen and oxygen atoms in total. The van der Waals surface area contributed by atoms with E-state index in [0.29, 0.717) is 104 Å². The van der Waals surface area contributed by atoms with Gasteiger partial charge in [-0.15, -0.1) is 0 Å². The Bertz CT molecular complexity index is 3890. The third kappa shape index (κ3) is 17.7. The molecule has 97 heavy (non-hydrogen) atoms. The zero-order valence-corrected chi connectivity index (χ0v) is 57.1. The van der Waals surface area contributed by atoms with Crippen LogP contribution in [-0.2, 0) is 84.1 Å². The predicted octanol–water partition coefficient (Wildman–Crippen LogP) is 9.92. The van der Waals surface area contributed by atoms with Crippen molar-refractivity contribution >= 4 is 58.2 Å². The quantitative estimate of drug-likeness (QED) is 0.0342. The van der Waals surface area contributed by atoms with Gasteiger partial charge in [0.15, 0.2) is 11.6 Å². The number of anilines is 6. The number of likely N-dealkylation sites (tertiary alicyclic amines) is 2. The van der Waals surface area contributed by atoms with Gasteiger partial charge in [0.2, 0.25) is 5.78 Å². The Morgan fingerprint density at radius 2 is 0.969 bits per heavy atom. The molecule has 4 aromatic carbocycles. The third-order valence-corrected chi connectivity index (χ3v) is 18.9. The molecule has 22 heteroatoms. The van der Waals surface area contributed by atoms with E-state index in [1.54, 1.807) is 0 Å². The van der Waals surface area contributed by atoms with Gasteiger partial charge in [-0.3, -0.25) is 33.9 Å². The minimum absolute atomic E-state index is 0.0988. The Kier molecular flexibility index (Phi) is 23.4. The van der Waals surface area contributed by atoms with Crippen molar-refractivity contribution in [2.75, 3.05) is 84.4 Å². The summed E-state index contributed by atoms with van der Waals surface area (Å²) in [5, 5.41) is 3.39. The number of ketones is 3. The predicted molar refractivity (Wildman–Crippen MR) is 378 cm³/mol. The number of nitrogens with zero attached hydrogens (tertiary/aromatic N) is 11. The van der Waals surface area contributed by atoms with Crippen molar-refractivity contribution in [3.05, 3.63) is 147 Å². The van der Waals surface area contributed by atoms with Gasteiger partial charge in [-0.2, -0.15) is 29.9 Å². The third-order valence-electron chi connectivity index (χ3n) is 18.9. The fourth-order valence-corrected chi connectivity index (χ4v) is 13.4. The van der Waals surface area contributed by atoms with Gasteiger partial charge in [0, 0.05) is 80.8 Å². The Morgan fingerprint density at radius 1 is 0.505 bits per heavy atom. The maximum absolute atomic E-state index is 12.9. The lowest BCUT2D eigenvalue weighted by Gasteiger charge is -2.30. The van der Waals surface area contributed by atoms with Crippen LogP contribution in [0.2, 0.25) is 0 Å². The van der Waals surface area contributed by atoms with E-state index in [0.717, 1.165) is 105 Å². The van der Waals surface area contributed by atoms with Gasteiger partial charge < -0.3 is 46.5 Å². The zero-order valence-electron chi connectivity index (χ0n) is 57.1. The van der Waals surface area contributed by atoms with Gasteiger partial charge in [-0.25, -0.2) is 0 Å². The first kappa shape index (κ1) is 69.2. The molecule has 9 heterocycles. The van der Waals surface area contributed by atoms with Crippen molar-refractivity contribution in [1.82, 2.24) is 45.0 Å². The summed E-state index contributed by atoms with van der Waals surface area (Å²) in [5.41, 5.74) is 31.2. The van der Waals surface area contributed by atoms with Gasteiger partial charge in [0.25, 0.3) is 5.91 Å². The van der Waals surface area contributed by atoms with E-state index < -0.39 is 11.7 Å². The molecule has 0 saturated carbocycles. The first-order valence-corrected chi connectivity index (χ1v) is 34.9. The number of amides is 1. The summed E-state index contributed by atoms with van der Waals surface area (Å²) in [7, 11) is 0. The number of nitrogens with two attached hydrogens (primary N) is 3. The molecular formula is C75H95N15O7. The summed E-state index contributed by atoms with van der Waals surface area (Å²) in [6.07, 6.45) is 12.4. The number of unbranched alkanes of at least 4 members (excludes halogenated alkanes) is 3. The summed E-state index contributed by atoms with van der Waals surface area (Å²) in [4.78, 5) is 86.9. The zero-order chi connectivity index (χ0) is 68.0. The van der Waals surface area contributed by atoms with Crippen LogP contribution in [0.4, 0.5) is 34.9 Å². The lowest BCUT2D eigenvalue weighted by molar-refractivity contribution is -0.136. The highest BCUT2D eigenvalue weighted by Gasteiger charge is 2.36. The number of fused-ring (bicyclic) bond motifs is 4. The molecule has 2 unspecified atom stereocenters. The van der Waals surface area contributed by atoms with Crippen molar-refractivity contribution in [3.8, 4) is 29.2 Å². The van der Waals surface area contributed by atoms with Crippen molar-refractivity contribution in [2.45, 2.75) is 176 Å². The van der Waals surface area contributed by atoms with Gasteiger partial charge in [0.1, 0.15) is 34.9 Å². The standard InChI is InChI=1S/C29H33N5O3.C25H35N5O2.C21H27N5O2/c1-2-3-16-37-29-31-26(30)24-17-25(35)28(36)34(27(24)32-29)19-21-8-12-23(13-9-21)22-10-6-20(7-11-22)18-33-14-4-5-15-33;1-4-5-11-32-25-27-23(26)22-13-21(31)16-29(24(22)28-25)14-19-7-6-8-20(12-19)15-30-17(2)9-10-18(30)3;1-2-3-8-28-21-24-19(22)18-10-17(27)13-26(20(18)25-21)12-14-4-5-16-11-23-7-6-15(16)9-14/h6-13H,2-5,14-19H2,1H3,(H2,30,31,32);6-8,12,17-18H,4-5,9-11,13-16H2,1-3H3,(H2,26,27,28);4-5,9,23H,2-3,6-8,10-13H2,1H3,(H2,22,24,25). The molecule has 2 atom stereocenters. The molecule has 7 aromatic rings. The molecule has 3 aromatic heterocycles. The highest BCUT2D eigenvalue weighted by atomic mass is 16.5. The number of carbonyl (C=O) groups is 4. The fraction of sp³-hybridized carbons (Fsp3) is 0.467. The summed E-state index contributed by atoms with van der Waals surface area (Å²) in [5.74, 6) is 1.78. The van der Waals surface area contributed by atoms with E-state index in [1.165, 1.54) is 71.5 Å². The maximum Gasteiger partial charge on any atom is 0.320 e. The Hall–Kier alpha value is -9.12. The molecule has 13 rings (SSSR count). The molecule has 1 amide bonds. The number of hydrogen-bond acceptors (Lipinski definition) is 21. The second kappa shape index (κ2) is 32.7. The maximum atomic E-state index is 12.9. The van der Waals surface area contributed by atoms with Gasteiger partial charge in [-0.05, 0) is 135 Å². The van der Waals surface area contributed by atoms with Crippen LogP contribution in [-0.4, -0.2) is 128 Å². The van der Waals surface area contributed by atoms with E-state index in [-0.39, 0.29) is 49.2 Å². The second-order valence-corrected chi connectivity index (χ2v) is 26.5. The fourth-order valence-electron chi connectivity index (χ4n) is 13.4. The van der Waals surface area contributed by atoms with E-state index in [1.807, 2.05) is 34.1 Å². The van der Waals surface area contributed by atoms with Crippen molar-refractivity contribution < 1.29 is 33.4 Å². The number of nitrogens with one attached hydrogen (secondary N) is 1. The number of ether oxygens (including phenoxy) is 3. The molecule has 2 fully saturated rings. The smallest absolute Gasteiger partial charge is 0.320 e. The Morgan fingerprint density at radius 3 is 1.48 bits per heavy atom. The van der Waals surface area contributed by atoms with Crippen molar-refractivity contribution in [3.63, 3.8) is 0 Å². The molecule has 512 valence electrons. The summed E-state index contributed by atoms with van der Waals surface area (Å²) in [6.45, 7) is 20.8. The Balaban J connectivity index is 0.000000149. The summed E-state index contributed by atoms with van der Waals surface area (Å²) >= 11 is 0. The van der Waals surface area contributed by atoms with Crippen LogP contribution in [0.3, 0.4) is 0 Å². The van der Waals surface area contributed by atoms with E-state index in [2.05, 4.69) is 146 Å². The molecule has 0 radical (unpaired) electrons. The number of rotatable bonds is 23. The average Bonchev–Trinajstić information content (AvgIpc) is 0.836. The van der Waals surface area contributed by atoms with E-state index in [9.17, 15) is 19.2 Å². The monoisotopic (exact) mass is 1320 g/mol. The minimum atomic E-state index is -0.595. The number of Topliss-reactive ketones (excluding diaryl/α,β-unsaturated/α-hetero) is 3. The summed E-state index contributed by atoms with van der Waals surface area (Å²) in [6, 6.07) is 33.9. The van der Waals surface area contributed by atoms with Crippen LogP contribution in [0.15, 0.2) is 91.0 Å². The van der Waals surface area contributed by atoms with E-state index >= 15 is 0 Å². The number of carbonyl (C=O) groups excluding carboxylic acids is 4. The van der Waals surface area contributed by atoms with Crippen LogP contribution < -0.4 is 51.4 Å². The SMILES string of the molecule is CCCCOc1nc(N)c2c(n1)N(Cc1ccc(-c3ccc(CN4CCCC4)cc3)cc1)C(=O)C(=O)C2.CCCCOc1nc(N)c2c(n1)N(Cc1ccc3c(c1)CCNC3)CC(=O)C2.CCCCOc1nc(N)c2c(n1)N(Cc1cccc(CN3C(C)CCC3C)c1)CC(=O)C2. The van der Waals surface area contributed by atoms with Crippen LogP contribution in [0.25, 0.3) is 11.1 Å². The highest BCUT2D eigenvalue weighted by Crippen LogP contribution is 2.36. The molecule has 6 aliphatic heterocycles. The highest BCUT2D eigenvalue weighted by molar-refractivity contribution is 6.43. The number of aromatic nitrogens is 6. The minimum Gasteiger partial charge on any atom is -0.463 e. The Labute approximate surface area is 570 Å². The lowest BCUT2D eigenvalue weighted by atomic mass is 9.97. The van der Waals surface area contributed by atoms with Crippen LogP contribution in [0.5, 0.6) is 18.0 Å².